The summed E-state index contributed by atoms with van der Waals surface area (Å²) in [6, 6.07) is 2.93. The fourth-order valence-electron chi connectivity index (χ4n) is 1.61. The van der Waals surface area contributed by atoms with E-state index in [0.717, 1.165) is 0 Å². The summed E-state index contributed by atoms with van der Waals surface area (Å²) in [5, 5.41) is 9.56. The topological polar surface area (TPSA) is 20.2 Å². The summed E-state index contributed by atoms with van der Waals surface area (Å²) in [6.45, 7) is 6.52. The Balaban J connectivity index is 3.59. The van der Waals surface area contributed by atoms with E-state index in [1.54, 1.807) is 20.8 Å². The highest BCUT2D eigenvalue weighted by atomic mass is 19.4. The van der Waals surface area contributed by atoms with E-state index in [2.05, 4.69) is 0 Å². The zero-order chi connectivity index (χ0) is 12.7. The SMILES string of the molecule is Cc1ccc(C(C)(C)C)c(C(F)(F)F)c1O. The summed E-state index contributed by atoms with van der Waals surface area (Å²) < 4.78 is 38.6. The molecule has 0 saturated carbocycles. The van der Waals surface area contributed by atoms with Gasteiger partial charge < -0.3 is 5.11 Å². The maximum absolute atomic E-state index is 12.9. The van der Waals surface area contributed by atoms with Gasteiger partial charge in [-0.25, -0.2) is 0 Å². The average Bonchev–Trinajstić information content (AvgIpc) is 2.05. The van der Waals surface area contributed by atoms with Crippen molar-refractivity contribution >= 4 is 0 Å². The van der Waals surface area contributed by atoms with Crippen LogP contribution in [0.1, 0.15) is 37.5 Å². The molecule has 0 aliphatic rings. The zero-order valence-electron chi connectivity index (χ0n) is 9.74. The lowest BCUT2D eigenvalue weighted by Gasteiger charge is -2.25. The van der Waals surface area contributed by atoms with Crippen LogP contribution in [0.4, 0.5) is 13.2 Å². The maximum Gasteiger partial charge on any atom is 0.420 e. The van der Waals surface area contributed by atoms with Gasteiger partial charge in [0.15, 0.2) is 0 Å². The normalized spacial score (nSPS) is 12.9. The minimum atomic E-state index is -4.53. The molecule has 1 aromatic carbocycles. The van der Waals surface area contributed by atoms with Crippen LogP contribution in [0.15, 0.2) is 12.1 Å². The molecule has 0 heterocycles. The molecule has 0 radical (unpaired) electrons. The van der Waals surface area contributed by atoms with Gasteiger partial charge in [0.1, 0.15) is 11.3 Å². The Morgan fingerprint density at radius 3 is 1.94 bits per heavy atom. The number of hydrogen-bond donors (Lipinski definition) is 1. The Morgan fingerprint density at radius 1 is 1.06 bits per heavy atom. The standard InChI is InChI=1S/C12H15F3O/c1-7-5-6-8(11(2,3)4)9(10(7)16)12(13,14)15/h5-6,16H,1-4H3. The van der Waals surface area contributed by atoms with Crippen molar-refractivity contribution in [2.75, 3.05) is 0 Å². The Labute approximate surface area is 92.9 Å². The van der Waals surface area contributed by atoms with Gasteiger partial charge in [0.2, 0.25) is 0 Å². The van der Waals surface area contributed by atoms with Gasteiger partial charge >= 0.3 is 6.18 Å². The van der Waals surface area contributed by atoms with E-state index < -0.39 is 22.9 Å². The van der Waals surface area contributed by atoms with E-state index >= 15 is 0 Å². The summed E-state index contributed by atoms with van der Waals surface area (Å²) in [5.74, 6) is -0.667. The zero-order valence-corrected chi connectivity index (χ0v) is 9.74. The molecule has 1 aromatic rings. The van der Waals surface area contributed by atoms with E-state index in [1.165, 1.54) is 19.1 Å². The molecule has 0 bridgehead atoms. The van der Waals surface area contributed by atoms with Gasteiger partial charge in [-0.1, -0.05) is 32.9 Å². The van der Waals surface area contributed by atoms with E-state index in [0.29, 0.717) is 0 Å². The highest BCUT2D eigenvalue weighted by Gasteiger charge is 2.39. The predicted octanol–water partition coefficient (Wildman–Crippen LogP) is 4.02. The molecule has 1 rings (SSSR count). The number of phenols is 1. The lowest BCUT2D eigenvalue weighted by Crippen LogP contribution is -2.20. The summed E-state index contributed by atoms with van der Waals surface area (Å²) >= 11 is 0. The van der Waals surface area contributed by atoms with Crippen LogP contribution < -0.4 is 0 Å². The first-order chi connectivity index (χ1) is 7.05. The smallest absolute Gasteiger partial charge is 0.420 e. The fourth-order valence-corrected chi connectivity index (χ4v) is 1.61. The van der Waals surface area contributed by atoms with E-state index in [-0.39, 0.29) is 11.1 Å². The van der Waals surface area contributed by atoms with Gasteiger partial charge in [0, 0.05) is 0 Å². The molecule has 90 valence electrons. The van der Waals surface area contributed by atoms with Crippen molar-refractivity contribution in [1.29, 1.82) is 0 Å². The molecule has 1 N–H and O–H groups in total. The van der Waals surface area contributed by atoms with E-state index in [9.17, 15) is 18.3 Å². The number of halogens is 3. The van der Waals surface area contributed by atoms with Gasteiger partial charge in [-0.2, -0.15) is 13.2 Å². The molecular formula is C12H15F3O. The van der Waals surface area contributed by atoms with Crippen molar-refractivity contribution in [3.63, 3.8) is 0 Å². The van der Waals surface area contributed by atoms with Gasteiger partial charge in [-0.05, 0) is 23.5 Å². The molecule has 0 amide bonds. The summed E-state index contributed by atoms with van der Waals surface area (Å²) in [7, 11) is 0. The number of rotatable bonds is 0. The van der Waals surface area contributed by atoms with Crippen molar-refractivity contribution in [2.24, 2.45) is 0 Å². The minimum absolute atomic E-state index is 0.114. The number of phenolic OH excluding ortho intramolecular Hbond substituents is 1. The van der Waals surface area contributed by atoms with Gasteiger partial charge in [0.25, 0.3) is 0 Å². The third-order valence-electron chi connectivity index (χ3n) is 2.47. The Morgan fingerprint density at radius 2 is 1.56 bits per heavy atom. The number of hydrogen-bond acceptors (Lipinski definition) is 1. The van der Waals surface area contributed by atoms with Gasteiger partial charge in [-0.3, -0.25) is 0 Å². The maximum atomic E-state index is 12.9. The Hall–Kier alpha value is -1.19. The van der Waals surface area contributed by atoms with Crippen molar-refractivity contribution in [2.45, 2.75) is 39.3 Å². The van der Waals surface area contributed by atoms with Gasteiger partial charge in [-0.15, -0.1) is 0 Å². The molecule has 16 heavy (non-hydrogen) atoms. The van der Waals surface area contributed by atoms with Crippen LogP contribution in [-0.2, 0) is 11.6 Å². The third-order valence-corrected chi connectivity index (χ3v) is 2.47. The molecule has 0 fully saturated rings. The molecule has 4 heteroatoms. The third kappa shape index (κ3) is 2.31. The number of aryl methyl sites for hydroxylation is 1. The predicted molar refractivity (Wildman–Crippen MR) is 56.5 cm³/mol. The van der Waals surface area contributed by atoms with Crippen LogP contribution >= 0.6 is 0 Å². The molecule has 0 aliphatic heterocycles. The largest absolute Gasteiger partial charge is 0.507 e. The molecule has 0 unspecified atom stereocenters. The molecular weight excluding hydrogens is 217 g/mol. The van der Waals surface area contributed by atoms with Crippen molar-refractivity contribution in [3.8, 4) is 5.75 Å². The fraction of sp³-hybridized carbons (Fsp3) is 0.500. The second-order valence-electron chi connectivity index (χ2n) is 4.90. The summed E-state index contributed by atoms with van der Waals surface area (Å²) in [5.41, 5.74) is -1.22. The van der Waals surface area contributed by atoms with Crippen molar-refractivity contribution in [1.82, 2.24) is 0 Å². The highest BCUT2D eigenvalue weighted by molar-refractivity contribution is 5.49. The molecule has 0 spiro atoms. The monoisotopic (exact) mass is 232 g/mol. The first-order valence-electron chi connectivity index (χ1n) is 4.95. The quantitative estimate of drug-likeness (QED) is 0.716. The molecule has 0 atom stereocenters. The van der Waals surface area contributed by atoms with Crippen LogP contribution in [0.3, 0.4) is 0 Å². The lowest BCUT2D eigenvalue weighted by atomic mass is 9.82. The molecule has 1 nitrogen and oxygen atoms in total. The lowest BCUT2D eigenvalue weighted by molar-refractivity contribution is -0.139. The van der Waals surface area contributed by atoms with Crippen LogP contribution in [-0.4, -0.2) is 5.11 Å². The molecule has 0 aliphatic carbocycles. The number of aromatic hydroxyl groups is 1. The molecule has 0 aromatic heterocycles. The highest BCUT2D eigenvalue weighted by Crippen LogP contribution is 2.43. The van der Waals surface area contributed by atoms with Crippen LogP contribution in [0.25, 0.3) is 0 Å². The van der Waals surface area contributed by atoms with E-state index in [1.807, 2.05) is 0 Å². The Bertz CT molecular complexity index is 400. The van der Waals surface area contributed by atoms with Crippen molar-refractivity contribution in [3.05, 3.63) is 28.8 Å². The summed E-state index contributed by atoms with van der Waals surface area (Å²) in [4.78, 5) is 0. The number of alkyl halides is 3. The average molecular weight is 232 g/mol. The minimum Gasteiger partial charge on any atom is -0.507 e. The second-order valence-corrected chi connectivity index (χ2v) is 4.90. The summed E-state index contributed by atoms with van der Waals surface area (Å²) in [6.07, 6.45) is -4.53. The van der Waals surface area contributed by atoms with Crippen LogP contribution in [0, 0.1) is 6.92 Å². The van der Waals surface area contributed by atoms with Crippen LogP contribution in [0.5, 0.6) is 5.75 Å². The van der Waals surface area contributed by atoms with Crippen molar-refractivity contribution < 1.29 is 18.3 Å². The van der Waals surface area contributed by atoms with E-state index in [4.69, 9.17) is 0 Å². The first-order valence-corrected chi connectivity index (χ1v) is 4.95. The number of benzene rings is 1. The van der Waals surface area contributed by atoms with Crippen LogP contribution in [0.2, 0.25) is 0 Å². The van der Waals surface area contributed by atoms with Gasteiger partial charge in [0.05, 0.1) is 0 Å². The first kappa shape index (κ1) is 12.9. The molecule has 0 saturated heterocycles. The Kier molecular flexibility index (Phi) is 2.96. The second kappa shape index (κ2) is 3.68.